The van der Waals surface area contributed by atoms with E-state index in [4.69, 9.17) is 4.98 Å². The average Bonchev–Trinajstić information content (AvgIpc) is 3.07. The molecule has 2 N–H and O–H groups in total. The van der Waals surface area contributed by atoms with Crippen LogP contribution in [0.2, 0.25) is 0 Å². The SMILES string of the molecule is CC(=O)Nc1ccc([C@H]2Nc3ccccc3-c3nc4ccccc4n32)cc1. The number of carbonyl (C=O) groups is 1. The molecule has 5 heteroatoms. The molecule has 2 heterocycles. The number of benzene rings is 3. The molecule has 0 fully saturated rings. The van der Waals surface area contributed by atoms with Crippen molar-refractivity contribution in [3.63, 3.8) is 0 Å². The van der Waals surface area contributed by atoms with Gasteiger partial charge in [0, 0.05) is 23.9 Å². The molecule has 1 aromatic heterocycles. The summed E-state index contributed by atoms with van der Waals surface area (Å²) in [6.45, 7) is 1.51. The van der Waals surface area contributed by atoms with E-state index in [2.05, 4.69) is 33.4 Å². The van der Waals surface area contributed by atoms with E-state index in [1.165, 1.54) is 6.92 Å². The molecule has 1 amide bonds. The number of imidazole rings is 1. The third kappa shape index (κ3) is 2.56. The minimum Gasteiger partial charge on any atom is -0.361 e. The summed E-state index contributed by atoms with van der Waals surface area (Å²) in [6.07, 6.45) is -0.0753. The molecule has 3 aromatic carbocycles. The predicted molar refractivity (Wildman–Crippen MR) is 108 cm³/mol. The van der Waals surface area contributed by atoms with Crippen molar-refractivity contribution in [2.75, 3.05) is 10.6 Å². The third-order valence-corrected chi connectivity index (χ3v) is 4.86. The van der Waals surface area contributed by atoms with Crippen molar-refractivity contribution < 1.29 is 4.79 Å². The van der Waals surface area contributed by atoms with Crippen LogP contribution in [0.1, 0.15) is 18.7 Å². The Balaban J connectivity index is 1.68. The normalized spacial score (nSPS) is 14.9. The summed E-state index contributed by atoms with van der Waals surface area (Å²) in [5.41, 5.74) is 6.12. The summed E-state index contributed by atoms with van der Waals surface area (Å²) in [7, 11) is 0. The van der Waals surface area contributed by atoms with Crippen molar-refractivity contribution in [3.8, 4) is 11.4 Å². The van der Waals surface area contributed by atoms with Crippen molar-refractivity contribution in [3.05, 3.63) is 78.4 Å². The molecule has 0 spiro atoms. The van der Waals surface area contributed by atoms with E-state index in [1.807, 2.05) is 54.6 Å². The lowest BCUT2D eigenvalue weighted by Gasteiger charge is -2.30. The highest BCUT2D eigenvalue weighted by atomic mass is 16.1. The Morgan fingerprint density at radius 2 is 1.74 bits per heavy atom. The number of anilines is 2. The molecule has 0 radical (unpaired) electrons. The van der Waals surface area contributed by atoms with Gasteiger partial charge in [0.1, 0.15) is 12.0 Å². The lowest BCUT2D eigenvalue weighted by atomic mass is 10.1. The number of para-hydroxylation sites is 3. The van der Waals surface area contributed by atoms with E-state index in [9.17, 15) is 4.79 Å². The summed E-state index contributed by atoms with van der Waals surface area (Å²) >= 11 is 0. The summed E-state index contributed by atoms with van der Waals surface area (Å²) in [5.74, 6) is 0.886. The van der Waals surface area contributed by atoms with Crippen molar-refractivity contribution in [2.24, 2.45) is 0 Å². The van der Waals surface area contributed by atoms with Crippen molar-refractivity contribution in [1.29, 1.82) is 0 Å². The maximum Gasteiger partial charge on any atom is 0.221 e. The average molecular weight is 354 g/mol. The highest BCUT2D eigenvalue weighted by molar-refractivity contribution is 5.89. The second-order valence-corrected chi connectivity index (χ2v) is 6.69. The van der Waals surface area contributed by atoms with Crippen LogP contribution in [0.3, 0.4) is 0 Å². The van der Waals surface area contributed by atoms with Gasteiger partial charge in [-0.15, -0.1) is 0 Å². The molecule has 0 saturated heterocycles. The smallest absolute Gasteiger partial charge is 0.221 e. The zero-order valence-corrected chi connectivity index (χ0v) is 14.8. The zero-order chi connectivity index (χ0) is 18.4. The molecule has 1 aliphatic rings. The maximum atomic E-state index is 11.3. The maximum absolute atomic E-state index is 11.3. The van der Waals surface area contributed by atoms with Crippen LogP contribution in [0.4, 0.5) is 11.4 Å². The number of fused-ring (bicyclic) bond motifs is 5. The first-order valence-corrected chi connectivity index (χ1v) is 8.91. The lowest BCUT2D eigenvalue weighted by Crippen LogP contribution is -2.24. The molecular formula is C22H18N4O. The fourth-order valence-corrected chi connectivity index (χ4v) is 3.70. The van der Waals surface area contributed by atoms with Crippen molar-refractivity contribution in [1.82, 2.24) is 9.55 Å². The number of carbonyl (C=O) groups excluding carboxylic acids is 1. The van der Waals surface area contributed by atoms with Gasteiger partial charge in [-0.05, 0) is 42.0 Å². The molecule has 0 aliphatic carbocycles. The van der Waals surface area contributed by atoms with Crippen LogP contribution >= 0.6 is 0 Å². The Labute approximate surface area is 156 Å². The van der Waals surface area contributed by atoms with Gasteiger partial charge in [-0.25, -0.2) is 4.98 Å². The minimum absolute atomic E-state index is 0.0737. The van der Waals surface area contributed by atoms with Gasteiger partial charge in [0.25, 0.3) is 0 Å². The van der Waals surface area contributed by atoms with Crippen LogP contribution in [0.15, 0.2) is 72.8 Å². The fraction of sp³-hybridized carbons (Fsp3) is 0.0909. The molecule has 5 rings (SSSR count). The van der Waals surface area contributed by atoms with E-state index in [-0.39, 0.29) is 12.1 Å². The van der Waals surface area contributed by atoms with Gasteiger partial charge in [0.2, 0.25) is 5.91 Å². The molecule has 5 nitrogen and oxygen atoms in total. The molecular weight excluding hydrogens is 336 g/mol. The van der Waals surface area contributed by atoms with E-state index < -0.39 is 0 Å². The first kappa shape index (κ1) is 15.6. The van der Waals surface area contributed by atoms with Crippen LogP contribution < -0.4 is 10.6 Å². The summed E-state index contributed by atoms with van der Waals surface area (Å²) in [5, 5.41) is 6.46. The number of amides is 1. The largest absolute Gasteiger partial charge is 0.361 e. The Bertz CT molecular complexity index is 1160. The van der Waals surface area contributed by atoms with Gasteiger partial charge in [0.05, 0.1) is 11.0 Å². The molecule has 1 atom stereocenters. The molecule has 0 saturated carbocycles. The van der Waals surface area contributed by atoms with E-state index in [0.717, 1.165) is 39.4 Å². The first-order valence-electron chi connectivity index (χ1n) is 8.91. The minimum atomic E-state index is -0.0753. The van der Waals surface area contributed by atoms with Crippen molar-refractivity contribution >= 4 is 28.3 Å². The Morgan fingerprint density at radius 3 is 2.56 bits per heavy atom. The first-order chi connectivity index (χ1) is 13.2. The Kier molecular flexibility index (Phi) is 3.47. The lowest BCUT2D eigenvalue weighted by molar-refractivity contribution is -0.114. The monoisotopic (exact) mass is 354 g/mol. The number of nitrogens with one attached hydrogen (secondary N) is 2. The third-order valence-electron chi connectivity index (χ3n) is 4.86. The molecule has 0 unspecified atom stereocenters. The molecule has 27 heavy (non-hydrogen) atoms. The topological polar surface area (TPSA) is 59.0 Å². The number of hydrogen-bond acceptors (Lipinski definition) is 3. The highest BCUT2D eigenvalue weighted by Crippen LogP contribution is 2.40. The summed E-state index contributed by atoms with van der Waals surface area (Å²) < 4.78 is 2.24. The summed E-state index contributed by atoms with van der Waals surface area (Å²) in [4.78, 5) is 16.2. The van der Waals surface area contributed by atoms with Crippen LogP contribution in [0.25, 0.3) is 22.4 Å². The number of rotatable bonds is 2. The molecule has 4 aromatic rings. The van der Waals surface area contributed by atoms with Crippen LogP contribution in [0.5, 0.6) is 0 Å². The van der Waals surface area contributed by atoms with Crippen LogP contribution in [-0.4, -0.2) is 15.5 Å². The van der Waals surface area contributed by atoms with E-state index in [1.54, 1.807) is 0 Å². The van der Waals surface area contributed by atoms with Crippen LogP contribution in [0, 0.1) is 0 Å². The predicted octanol–water partition coefficient (Wildman–Crippen LogP) is 4.63. The highest BCUT2D eigenvalue weighted by Gasteiger charge is 2.27. The molecule has 1 aliphatic heterocycles. The number of hydrogen-bond donors (Lipinski definition) is 2. The van der Waals surface area contributed by atoms with E-state index >= 15 is 0 Å². The molecule has 0 bridgehead atoms. The standard InChI is InChI=1S/C22H18N4O/c1-14(27)23-16-12-10-15(11-13-16)21-24-18-7-3-2-6-17(18)22-25-19-8-4-5-9-20(19)26(21)22/h2-13,21,24H,1H3,(H,23,27)/t21-/m0/s1. The van der Waals surface area contributed by atoms with Crippen molar-refractivity contribution in [2.45, 2.75) is 13.1 Å². The van der Waals surface area contributed by atoms with E-state index in [0.29, 0.717) is 0 Å². The van der Waals surface area contributed by atoms with Gasteiger partial charge < -0.3 is 10.6 Å². The fourth-order valence-electron chi connectivity index (χ4n) is 3.70. The summed E-state index contributed by atoms with van der Waals surface area (Å²) in [6, 6.07) is 24.4. The van der Waals surface area contributed by atoms with Crippen LogP contribution in [-0.2, 0) is 4.79 Å². The Morgan fingerprint density at radius 1 is 1.00 bits per heavy atom. The van der Waals surface area contributed by atoms with Gasteiger partial charge >= 0.3 is 0 Å². The second-order valence-electron chi connectivity index (χ2n) is 6.69. The zero-order valence-electron chi connectivity index (χ0n) is 14.8. The van der Waals surface area contributed by atoms with Gasteiger partial charge in [-0.1, -0.05) is 36.4 Å². The Hall–Kier alpha value is -3.60. The van der Waals surface area contributed by atoms with Gasteiger partial charge in [0.15, 0.2) is 0 Å². The molecule has 132 valence electrons. The number of nitrogens with zero attached hydrogens (tertiary/aromatic N) is 2. The number of aromatic nitrogens is 2. The van der Waals surface area contributed by atoms with Gasteiger partial charge in [-0.3, -0.25) is 9.36 Å². The second kappa shape index (κ2) is 5.99. The quantitative estimate of drug-likeness (QED) is 0.552. The van der Waals surface area contributed by atoms with Gasteiger partial charge in [-0.2, -0.15) is 0 Å².